The first-order valence-corrected chi connectivity index (χ1v) is 11.1. The zero-order valence-electron chi connectivity index (χ0n) is 18.9. The van der Waals surface area contributed by atoms with Crippen molar-refractivity contribution in [1.29, 1.82) is 0 Å². The zero-order chi connectivity index (χ0) is 23.9. The van der Waals surface area contributed by atoms with Crippen molar-refractivity contribution in [2.24, 2.45) is 5.92 Å². The van der Waals surface area contributed by atoms with E-state index in [1.165, 1.54) is 28.9 Å². The number of nitrogens with one attached hydrogen (secondary N) is 1. The van der Waals surface area contributed by atoms with Gasteiger partial charge in [-0.25, -0.2) is 18.6 Å². The molecule has 1 N–H and O–H groups in total. The van der Waals surface area contributed by atoms with E-state index in [2.05, 4.69) is 15.4 Å². The van der Waals surface area contributed by atoms with E-state index in [-0.39, 0.29) is 34.5 Å². The van der Waals surface area contributed by atoms with Gasteiger partial charge in [-0.15, -0.1) is 0 Å². The second-order valence-electron chi connectivity index (χ2n) is 9.30. The number of aromatic nitrogens is 3. The van der Waals surface area contributed by atoms with Gasteiger partial charge in [-0.2, -0.15) is 9.61 Å². The molecule has 4 rings (SSSR count). The lowest BCUT2D eigenvalue weighted by molar-refractivity contribution is 0.0165. The van der Waals surface area contributed by atoms with Crippen molar-refractivity contribution in [3.63, 3.8) is 0 Å². The second kappa shape index (κ2) is 8.78. The minimum absolute atomic E-state index is 0.0105. The number of fused-ring (bicyclic) bond motifs is 1. The third-order valence-electron chi connectivity index (χ3n) is 5.54. The summed E-state index contributed by atoms with van der Waals surface area (Å²) in [6, 6.07) is 5.23. The largest absolute Gasteiger partial charge is 0.444 e. The molecule has 7 nitrogen and oxygen atoms in total. The van der Waals surface area contributed by atoms with Crippen LogP contribution in [0, 0.1) is 17.6 Å². The topological polar surface area (TPSA) is 71.8 Å². The average Bonchev–Trinajstić information content (AvgIpc) is 3.09. The van der Waals surface area contributed by atoms with E-state index >= 15 is 0 Å². The summed E-state index contributed by atoms with van der Waals surface area (Å²) in [5.74, 6) is -1.36. The highest BCUT2D eigenvalue weighted by Crippen LogP contribution is 2.31. The molecule has 0 bridgehead atoms. The molecule has 2 unspecified atom stereocenters. The smallest absolute Gasteiger partial charge is 0.410 e. The first kappa shape index (κ1) is 23.2. The molecular formula is C23H26ClF2N5O2. The summed E-state index contributed by atoms with van der Waals surface area (Å²) >= 11 is 6.23. The van der Waals surface area contributed by atoms with E-state index in [0.29, 0.717) is 30.8 Å². The van der Waals surface area contributed by atoms with Crippen LogP contribution >= 0.6 is 11.6 Å². The SMILES string of the molecule is CC1CN(C(=O)OC(C)(C)C)CCC1Nc1cc(-c2c(F)cccc2F)nn2c(Cl)cnc12. The van der Waals surface area contributed by atoms with Crippen LogP contribution in [0.15, 0.2) is 30.5 Å². The fourth-order valence-corrected chi connectivity index (χ4v) is 4.13. The molecule has 1 aromatic carbocycles. The van der Waals surface area contributed by atoms with Crippen LogP contribution in [0.3, 0.4) is 0 Å². The van der Waals surface area contributed by atoms with Crippen molar-refractivity contribution in [1.82, 2.24) is 19.5 Å². The molecule has 2 atom stereocenters. The number of anilines is 1. The molecule has 2 aromatic heterocycles. The Bertz CT molecular complexity index is 1170. The lowest BCUT2D eigenvalue weighted by Gasteiger charge is -2.38. The third kappa shape index (κ3) is 4.88. The molecule has 0 radical (unpaired) electrons. The molecule has 0 spiro atoms. The predicted molar refractivity (Wildman–Crippen MR) is 122 cm³/mol. The van der Waals surface area contributed by atoms with Gasteiger partial charge in [0.2, 0.25) is 0 Å². The molecule has 1 amide bonds. The molecule has 10 heteroatoms. The van der Waals surface area contributed by atoms with Gasteiger partial charge in [0.1, 0.15) is 17.2 Å². The van der Waals surface area contributed by atoms with Crippen molar-refractivity contribution in [3.8, 4) is 11.3 Å². The summed E-state index contributed by atoms with van der Waals surface area (Å²) in [7, 11) is 0. The Morgan fingerprint density at radius 3 is 2.61 bits per heavy atom. The number of hydrogen-bond donors (Lipinski definition) is 1. The number of nitrogens with zero attached hydrogens (tertiary/aromatic N) is 4. The quantitative estimate of drug-likeness (QED) is 0.548. The van der Waals surface area contributed by atoms with Crippen molar-refractivity contribution in [2.75, 3.05) is 18.4 Å². The van der Waals surface area contributed by atoms with Crippen LogP contribution in [-0.2, 0) is 4.74 Å². The lowest BCUT2D eigenvalue weighted by Crippen LogP contribution is -2.49. The van der Waals surface area contributed by atoms with Crippen molar-refractivity contribution < 1.29 is 18.3 Å². The Balaban J connectivity index is 1.61. The zero-order valence-corrected chi connectivity index (χ0v) is 19.7. The molecule has 176 valence electrons. The van der Waals surface area contributed by atoms with Gasteiger partial charge in [0.05, 0.1) is 23.1 Å². The molecule has 3 aromatic rings. The van der Waals surface area contributed by atoms with E-state index in [4.69, 9.17) is 16.3 Å². The maximum atomic E-state index is 14.4. The van der Waals surface area contributed by atoms with Crippen LogP contribution < -0.4 is 5.32 Å². The number of carbonyl (C=O) groups is 1. The molecule has 3 heterocycles. The summed E-state index contributed by atoms with van der Waals surface area (Å²) in [6.07, 6.45) is 1.76. The monoisotopic (exact) mass is 477 g/mol. The van der Waals surface area contributed by atoms with E-state index in [1.54, 1.807) is 11.0 Å². The van der Waals surface area contributed by atoms with Crippen molar-refractivity contribution in [2.45, 2.75) is 45.8 Å². The van der Waals surface area contributed by atoms with E-state index in [1.807, 2.05) is 27.7 Å². The molecule has 1 fully saturated rings. The number of piperidine rings is 1. The number of rotatable bonds is 3. The summed E-state index contributed by atoms with van der Waals surface area (Å²) in [6.45, 7) is 8.57. The van der Waals surface area contributed by atoms with Crippen LogP contribution in [0.5, 0.6) is 0 Å². The molecule has 33 heavy (non-hydrogen) atoms. The molecule has 1 aliphatic heterocycles. The first-order valence-electron chi connectivity index (χ1n) is 10.8. The minimum Gasteiger partial charge on any atom is -0.444 e. The number of halogens is 3. The van der Waals surface area contributed by atoms with Crippen LogP contribution in [0.4, 0.5) is 19.3 Å². The summed E-state index contributed by atoms with van der Waals surface area (Å²) < 4.78 is 35.7. The van der Waals surface area contributed by atoms with Gasteiger partial charge < -0.3 is 15.0 Å². The average molecular weight is 478 g/mol. The number of benzene rings is 1. The fourth-order valence-electron chi connectivity index (χ4n) is 3.96. The number of likely N-dealkylation sites (tertiary alicyclic amines) is 1. The van der Waals surface area contributed by atoms with Gasteiger partial charge in [0.15, 0.2) is 10.8 Å². The van der Waals surface area contributed by atoms with Gasteiger partial charge in [-0.05, 0) is 51.3 Å². The molecule has 1 saturated heterocycles. The Labute approximate surface area is 195 Å². The molecular weight excluding hydrogens is 452 g/mol. The van der Waals surface area contributed by atoms with Crippen LogP contribution in [0.1, 0.15) is 34.1 Å². The van der Waals surface area contributed by atoms with Crippen LogP contribution in [-0.4, -0.2) is 50.3 Å². The number of carbonyl (C=O) groups excluding carboxylic acids is 1. The maximum absolute atomic E-state index is 14.4. The van der Waals surface area contributed by atoms with Crippen LogP contribution in [0.2, 0.25) is 5.15 Å². The Morgan fingerprint density at radius 1 is 1.27 bits per heavy atom. The van der Waals surface area contributed by atoms with Gasteiger partial charge in [-0.1, -0.05) is 24.6 Å². The van der Waals surface area contributed by atoms with Gasteiger partial charge in [0, 0.05) is 19.1 Å². The highest BCUT2D eigenvalue weighted by molar-refractivity contribution is 6.29. The van der Waals surface area contributed by atoms with Gasteiger partial charge in [-0.3, -0.25) is 0 Å². The highest BCUT2D eigenvalue weighted by Gasteiger charge is 2.32. The van der Waals surface area contributed by atoms with Crippen LogP contribution in [0.25, 0.3) is 16.9 Å². The van der Waals surface area contributed by atoms with E-state index < -0.39 is 17.2 Å². The highest BCUT2D eigenvalue weighted by atomic mass is 35.5. The van der Waals surface area contributed by atoms with Crippen molar-refractivity contribution >= 4 is 29.0 Å². The fraction of sp³-hybridized carbons (Fsp3) is 0.435. The van der Waals surface area contributed by atoms with Crippen molar-refractivity contribution in [3.05, 3.63) is 47.2 Å². The molecule has 1 aliphatic rings. The Kier molecular flexibility index (Phi) is 6.18. The number of imidazole rings is 1. The maximum Gasteiger partial charge on any atom is 0.410 e. The minimum atomic E-state index is -0.719. The first-order chi connectivity index (χ1) is 15.5. The number of hydrogen-bond acceptors (Lipinski definition) is 5. The lowest BCUT2D eigenvalue weighted by atomic mass is 9.94. The second-order valence-corrected chi connectivity index (χ2v) is 9.69. The molecule has 0 aliphatic carbocycles. The predicted octanol–water partition coefficient (Wildman–Crippen LogP) is 5.39. The standard InChI is InChI=1S/C23H26ClF2N5O2/c1-13-12-30(22(32)33-23(2,3)4)9-8-16(13)28-18-10-17(20-14(25)6-5-7-15(20)26)29-31-19(24)11-27-21(18)31/h5-7,10-11,13,16,28H,8-9,12H2,1-4H3. The summed E-state index contributed by atoms with van der Waals surface area (Å²) in [4.78, 5) is 18.4. The summed E-state index contributed by atoms with van der Waals surface area (Å²) in [5.41, 5.74) is 0.301. The Morgan fingerprint density at radius 2 is 1.97 bits per heavy atom. The van der Waals surface area contributed by atoms with E-state index in [9.17, 15) is 13.6 Å². The van der Waals surface area contributed by atoms with E-state index in [0.717, 1.165) is 0 Å². The Hall–Kier alpha value is -2.94. The third-order valence-corrected chi connectivity index (χ3v) is 5.80. The number of ether oxygens (including phenoxy) is 1. The number of amides is 1. The molecule has 0 saturated carbocycles. The van der Waals surface area contributed by atoms with Gasteiger partial charge in [0.25, 0.3) is 0 Å². The van der Waals surface area contributed by atoms with Gasteiger partial charge >= 0.3 is 6.09 Å². The normalized spacial score (nSPS) is 19.1. The summed E-state index contributed by atoms with van der Waals surface area (Å²) in [5, 5.41) is 7.96.